The molecule has 39 heavy (non-hydrogen) atoms. The Hall–Kier alpha value is -3.67. The number of amides is 2. The van der Waals surface area contributed by atoms with Crippen molar-refractivity contribution in [3.63, 3.8) is 0 Å². The van der Waals surface area contributed by atoms with E-state index >= 15 is 0 Å². The molecule has 1 aromatic carbocycles. The lowest BCUT2D eigenvalue weighted by Gasteiger charge is -2.38. The number of carbonyl (C=O) groups is 2. The van der Waals surface area contributed by atoms with Gasteiger partial charge >= 0.3 is 0 Å². The van der Waals surface area contributed by atoms with Gasteiger partial charge in [-0.1, -0.05) is 43.9 Å². The van der Waals surface area contributed by atoms with Crippen molar-refractivity contribution in [2.75, 3.05) is 19.7 Å². The molecule has 5 rings (SSSR count). The molecule has 1 atom stereocenters. The maximum atomic E-state index is 13.5. The van der Waals surface area contributed by atoms with Crippen molar-refractivity contribution < 1.29 is 14.3 Å². The number of benzene rings is 1. The maximum absolute atomic E-state index is 13.5. The number of carbonyl (C=O) groups excluding carboxylic acids is 2. The first-order valence-electron chi connectivity index (χ1n) is 13.2. The summed E-state index contributed by atoms with van der Waals surface area (Å²) >= 11 is 0. The molecule has 0 unspecified atom stereocenters. The fourth-order valence-electron chi connectivity index (χ4n) is 4.60. The molecule has 2 amide bonds. The van der Waals surface area contributed by atoms with Crippen molar-refractivity contribution in [1.82, 2.24) is 29.7 Å². The summed E-state index contributed by atoms with van der Waals surface area (Å²) in [6, 6.07) is 10.2. The van der Waals surface area contributed by atoms with Crippen LogP contribution in [-0.2, 0) is 16.3 Å². The van der Waals surface area contributed by atoms with Gasteiger partial charge in [-0.3, -0.25) is 14.6 Å². The van der Waals surface area contributed by atoms with Crippen LogP contribution in [0.3, 0.4) is 0 Å². The van der Waals surface area contributed by atoms with Crippen LogP contribution in [0.2, 0.25) is 25.7 Å². The third-order valence-corrected chi connectivity index (χ3v) is 8.60. The molecule has 1 aliphatic heterocycles. The highest BCUT2D eigenvalue weighted by Crippen LogP contribution is 2.27. The number of fused-ring (bicyclic) bond motifs is 2. The van der Waals surface area contributed by atoms with Gasteiger partial charge in [0.25, 0.3) is 5.91 Å². The SMILES string of the molecule is C[C@@H](NC(=O)c1cn(COCC[Si](C)(C)C)c2ncc(-c3nccc4ccccc34)nc12)C(=O)N1CC(N)C1. The van der Waals surface area contributed by atoms with Gasteiger partial charge in [0, 0.05) is 51.6 Å². The topological polar surface area (TPSA) is 128 Å². The lowest BCUT2D eigenvalue weighted by atomic mass is 10.1. The smallest absolute Gasteiger partial charge is 0.255 e. The van der Waals surface area contributed by atoms with Gasteiger partial charge < -0.3 is 25.3 Å². The second-order valence-electron chi connectivity index (χ2n) is 11.4. The van der Waals surface area contributed by atoms with Gasteiger partial charge in [0.1, 0.15) is 24.0 Å². The number of aromatic nitrogens is 4. The molecule has 10 nitrogen and oxygen atoms in total. The first kappa shape index (κ1) is 26.9. The Labute approximate surface area is 228 Å². The third kappa shape index (κ3) is 5.85. The number of nitrogens with two attached hydrogens (primary N) is 1. The highest BCUT2D eigenvalue weighted by molar-refractivity contribution is 6.76. The van der Waals surface area contributed by atoms with Crippen LogP contribution < -0.4 is 11.1 Å². The van der Waals surface area contributed by atoms with Crippen molar-refractivity contribution in [3.05, 3.63) is 54.5 Å². The molecule has 0 bridgehead atoms. The van der Waals surface area contributed by atoms with E-state index in [2.05, 4.69) is 34.9 Å². The minimum atomic E-state index is -1.25. The summed E-state index contributed by atoms with van der Waals surface area (Å²) in [5.74, 6) is -0.556. The highest BCUT2D eigenvalue weighted by Gasteiger charge is 2.32. The zero-order valence-electron chi connectivity index (χ0n) is 22.8. The Balaban J connectivity index is 1.47. The second kappa shape index (κ2) is 10.8. The third-order valence-electron chi connectivity index (χ3n) is 6.89. The fraction of sp³-hybridized carbons (Fsp3) is 0.393. The molecule has 1 aliphatic rings. The number of nitrogens with one attached hydrogen (secondary N) is 1. The Morgan fingerprint density at radius 1 is 1.18 bits per heavy atom. The molecule has 4 aromatic rings. The molecule has 0 saturated carbocycles. The van der Waals surface area contributed by atoms with E-state index in [4.69, 9.17) is 15.5 Å². The van der Waals surface area contributed by atoms with Crippen LogP contribution >= 0.6 is 0 Å². The van der Waals surface area contributed by atoms with Crippen LogP contribution in [0.1, 0.15) is 17.3 Å². The van der Waals surface area contributed by atoms with Gasteiger partial charge in [-0.2, -0.15) is 0 Å². The molecule has 3 aromatic heterocycles. The molecular formula is C28H35N7O3Si. The summed E-state index contributed by atoms with van der Waals surface area (Å²) in [7, 11) is -1.25. The van der Waals surface area contributed by atoms with Crippen LogP contribution in [-0.4, -0.2) is 76.1 Å². The van der Waals surface area contributed by atoms with Crippen molar-refractivity contribution in [3.8, 4) is 11.4 Å². The summed E-state index contributed by atoms with van der Waals surface area (Å²) in [5.41, 5.74) is 8.36. The van der Waals surface area contributed by atoms with E-state index in [0.29, 0.717) is 47.8 Å². The van der Waals surface area contributed by atoms with E-state index in [9.17, 15) is 9.59 Å². The summed E-state index contributed by atoms with van der Waals surface area (Å²) in [4.78, 5) is 42.0. The molecule has 0 radical (unpaired) electrons. The van der Waals surface area contributed by atoms with Crippen LogP contribution in [0.4, 0.5) is 0 Å². The van der Waals surface area contributed by atoms with Gasteiger partial charge in [-0.25, -0.2) is 9.97 Å². The molecule has 3 N–H and O–H groups in total. The van der Waals surface area contributed by atoms with Gasteiger partial charge in [-0.05, 0) is 24.4 Å². The largest absolute Gasteiger partial charge is 0.361 e. The number of hydrogen-bond donors (Lipinski definition) is 2. The second-order valence-corrected chi connectivity index (χ2v) is 17.0. The normalized spacial score (nSPS) is 14.9. The van der Waals surface area contributed by atoms with E-state index in [1.54, 1.807) is 35.0 Å². The predicted octanol–water partition coefficient (Wildman–Crippen LogP) is 3.25. The van der Waals surface area contributed by atoms with E-state index in [0.717, 1.165) is 16.8 Å². The zero-order valence-corrected chi connectivity index (χ0v) is 23.8. The maximum Gasteiger partial charge on any atom is 0.255 e. The Morgan fingerprint density at radius 3 is 2.69 bits per heavy atom. The van der Waals surface area contributed by atoms with Crippen molar-refractivity contribution in [1.29, 1.82) is 0 Å². The molecule has 4 heterocycles. The minimum absolute atomic E-state index is 0.00727. The van der Waals surface area contributed by atoms with Gasteiger partial charge in [-0.15, -0.1) is 0 Å². The Kier molecular flexibility index (Phi) is 7.48. The van der Waals surface area contributed by atoms with Crippen LogP contribution in [0.5, 0.6) is 0 Å². The number of rotatable bonds is 9. The Bertz CT molecular complexity index is 1520. The average molecular weight is 546 g/mol. The van der Waals surface area contributed by atoms with Crippen molar-refractivity contribution in [2.45, 2.75) is 51.4 Å². The number of nitrogens with zero attached hydrogens (tertiary/aromatic N) is 5. The lowest BCUT2D eigenvalue weighted by Crippen LogP contribution is -2.61. The molecule has 1 saturated heterocycles. The summed E-state index contributed by atoms with van der Waals surface area (Å²) in [6.07, 6.45) is 5.12. The highest BCUT2D eigenvalue weighted by atomic mass is 28.3. The molecule has 204 valence electrons. The molecule has 11 heteroatoms. The minimum Gasteiger partial charge on any atom is -0.361 e. The number of likely N-dealkylation sites (tertiary alicyclic amines) is 1. The van der Waals surface area contributed by atoms with Crippen LogP contribution in [0.15, 0.2) is 48.9 Å². The summed E-state index contributed by atoms with van der Waals surface area (Å²) in [5, 5.41) is 4.82. The first-order valence-corrected chi connectivity index (χ1v) is 16.9. The quantitative estimate of drug-likeness (QED) is 0.244. The molecule has 1 fully saturated rings. The monoisotopic (exact) mass is 545 g/mol. The van der Waals surface area contributed by atoms with Gasteiger partial charge in [0.15, 0.2) is 5.65 Å². The Morgan fingerprint density at radius 2 is 1.95 bits per heavy atom. The number of pyridine rings is 1. The molecule has 0 aliphatic carbocycles. The van der Waals surface area contributed by atoms with E-state index < -0.39 is 20.0 Å². The zero-order chi connectivity index (χ0) is 27.7. The summed E-state index contributed by atoms with van der Waals surface area (Å²) in [6.45, 7) is 10.5. The van der Waals surface area contributed by atoms with Crippen molar-refractivity contribution >= 4 is 41.8 Å². The molecule has 0 spiro atoms. The number of hydrogen-bond acceptors (Lipinski definition) is 7. The number of ether oxygens (including phenoxy) is 1. The molecular weight excluding hydrogens is 510 g/mol. The fourth-order valence-corrected chi connectivity index (χ4v) is 5.35. The predicted molar refractivity (Wildman–Crippen MR) is 154 cm³/mol. The van der Waals surface area contributed by atoms with Crippen LogP contribution in [0, 0.1) is 0 Å². The average Bonchev–Trinajstić information content (AvgIpc) is 3.26. The first-order chi connectivity index (χ1) is 18.6. The van der Waals surface area contributed by atoms with Gasteiger partial charge in [0.2, 0.25) is 5.91 Å². The summed E-state index contributed by atoms with van der Waals surface area (Å²) < 4.78 is 7.76. The standard InChI is InChI=1S/C28H35N7O3Si/c1-18(28(37)34-14-20(29)15-34)32-27(36)22-16-35(17-38-11-12-39(2,3)4)26-25(22)33-23(13-31-26)24-21-8-6-5-7-19(21)9-10-30-24/h5-10,13,16,18,20H,11-12,14-15,17,29H2,1-4H3,(H,32,36)/t18-/m1/s1. The van der Waals surface area contributed by atoms with E-state index in [-0.39, 0.29) is 18.7 Å². The lowest BCUT2D eigenvalue weighted by molar-refractivity contribution is -0.137. The van der Waals surface area contributed by atoms with Crippen molar-refractivity contribution in [2.24, 2.45) is 5.73 Å². The van der Waals surface area contributed by atoms with Crippen LogP contribution in [0.25, 0.3) is 33.3 Å². The van der Waals surface area contributed by atoms with E-state index in [1.807, 2.05) is 30.3 Å². The van der Waals surface area contributed by atoms with E-state index in [1.165, 1.54) is 0 Å². The van der Waals surface area contributed by atoms with Gasteiger partial charge in [0.05, 0.1) is 17.5 Å².